The lowest BCUT2D eigenvalue weighted by Gasteiger charge is -2.13. The van der Waals surface area contributed by atoms with Gasteiger partial charge < -0.3 is 9.32 Å². The summed E-state index contributed by atoms with van der Waals surface area (Å²) < 4.78 is 4.94. The highest BCUT2D eigenvalue weighted by Crippen LogP contribution is 2.29. The fourth-order valence-corrected chi connectivity index (χ4v) is 2.32. The molecule has 8 heteroatoms. The van der Waals surface area contributed by atoms with Gasteiger partial charge in [-0.3, -0.25) is 14.9 Å². The van der Waals surface area contributed by atoms with Crippen LogP contribution in [-0.2, 0) is 4.79 Å². The molecular formula is C16H12N4O4. The lowest BCUT2D eigenvalue weighted by atomic mass is 10.1. The minimum absolute atomic E-state index is 0.174. The molecule has 3 rings (SSSR count). The zero-order chi connectivity index (χ0) is 17.1. The molecule has 8 nitrogen and oxygen atoms in total. The van der Waals surface area contributed by atoms with Gasteiger partial charge in [0.25, 0.3) is 5.91 Å². The van der Waals surface area contributed by atoms with Gasteiger partial charge in [0.2, 0.25) is 0 Å². The summed E-state index contributed by atoms with van der Waals surface area (Å²) in [6, 6.07) is 9.85. The molecule has 0 N–H and O–H groups in total. The number of anilines is 1. The zero-order valence-electron chi connectivity index (χ0n) is 12.5. The molecule has 1 amide bonds. The first-order chi connectivity index (χ1) is 11.6. The average Bonchev–Trinajstić information content (AvgIpc) is 3.14. The SMILES string of the molecule is C=CCN1C(=O)/C(=N/N=C/c2ccc([N+](=O)[O-])o2)c2ccccc21. The zero-order valence-corrected chi connectivity index (χ0v) is 12.5. The minimum atomic E-state index is -0.646. The van der Waals surface area contributed by atoms with Crippen molar-refractivity contribution < 1.29 is 14.1 Å². The highest BCUT2D eigenvalue weighted by Gasteiger charge is 2.32. The van der Waals surface area contributed by atoms with E-state index in [0.717, 1.165) is 5.69 Å². The molecule has 0 saturated carbocycles. The number of amides is 1. The third kappa shape index (κ3) is 2.72. The van der Waals surface area contributed by atoms with Crippen molar-refractivity contribution >= 4 is 29.4 Å². The molecule has 0 spiro atoms. The second-order valence-electron chi connectivity index (χ2n) is 4.85. The minimum Gasteiger partial charge on any atom is -0.400 e. The Morgan fingerprint density at radius 1 is 1.29 bits per heavy atom. The third-order valence-corrected chi connectivity index (χ3v) is 3.34. The summed E-state index contributed by atoms with van der Waals surface area (Å²) in [6.07, 6.45) is 2.84. The van der Waals surface area contributed by atoms with E-state index in [2.05, 4.69) is 16.8 Å². The number of nitro groups is 1. The molecule has 2 aromatic rings. The first-order valence-corrected chi connectivity index (χ1v) is 6.99. The van der Waals surface area contributed by atoms with Crippen LogP contribution in [0.4, 0.5) is 11.6 Å². The Hall–Kier alpha value is -3.55. The monoisotopic (exact) mass is 324 g/mol. The number of nitrogens with zero attached hydrogens (tertiary/aromatic N) is 4. The number of rotatable bonds is 5. The van der Waals surface area contributed by atoms with Crippen molar-refractivity contribution in [3.05, 3.63) is 70.5 Å². The molecule has 0 aliphatic carbocycles. The van der Waals surface area contributed by atoms with Crippen molar-refractivity contribution in [1.82, 2.24) is 0 Å². The number of fused-ring (bicyclic) bond motifs is 1. The predicted octanol–water partition coefficient (Wildman–Crippen LogP) is 2.54. The lowest BCUT2D eigenvalue weighted by molar-refractivity contribution is -0.402. The Bertz CT molecular complexity index is 882. The molecule has 0 bridgehead atoms. The summed E-state index contributed by atoms with van der Waals surface area (Å²) in [4.78, 5) is 23.9. The van der Waals surface area contributed by atoms with Gasteiger partial charge in [-0.1, -0.05) is 24.3 Å². The van der Waals surface area contributed by atoms with Gasteiger partial charge in [-0.2, -0.15) is 5.10 Å². The van der Waals surface area contributed by atoms with Crippen LogP contribution < -0.4 is 4.90 Å². The van der Waals surface area contributed by atoms with Crippen molar-refractivity contribution in [3.63, 3.8) is 0 Å². The van der Waals surface area contributed by atoms with Crippen LogP contribution >= 0.6 is 0 Å². The fourth-order valence-electron chi connectivity index (χ4n) is 2.32. The van der Waals surface area contributed by atoms with Crippen LogP contribution in [0.25, 0.3) is 0 Å². The predicted molar refractivity (Wildman–Crippen MR) is 88.5 cm³/mol. The second-order valence-corrected chi connectivity index (χ2v) is 4.85. The van der Waals surface area contributed by atoms with Crippen molar-refractivity contribution in [3.8, 4) is 0 Å². The van der Waals surface area contributed by atoms with Gasteiger partial charge in [0.15, 0.2) is 11.5 Å². The summed E-state index contributed by atoms with van der Waals surface area (Å²) in [5.74, 6) is -0.491. The molecule has 1 aromatic carbocycles. The van der Waals surface area contributed by atoms with Gasteiger partial charge in [0.1, 0.15) is 4.92 Å². The van der Waals surface area contributed by atoms with Crippen molar-refractivity contribution in [2.24, 2.45) is 10.2 Å². The first-order valence-electron chi connectivity index (χ1n) is 6.99. The van der Waals surface area contributed by atoms with E-state index in [0.29, 0.717) is 12.1 Å². The van der Waals surface area contributed by atoms with Crippen LogP contribution in [0, 0.1) is 10.1 Å². The van der Waals surface area contributed by atoms with E-state index in [1.807, 2.05) is 12.1 Å². The van der Waals surface area contributed by atoms with Crippen LogP contribution in [0.2, 0.25) is 0 Å². The smallest absolute Gasteiger partial charge is 0.400 e. The summed E-state index contributed by atoms with van der Waals surface area (Å²) >= 11 is 0. The van der Waals surface area contributed by atoms with E-state index < -0.39 is 4.92 Å². The van der Waals surface area contributed by atoms with E-state index in [4.69, 9.17) is 4.42 Å². The maximum Gasteiger partial charge on any atom is 0.433 e. The maximum atomic E-state index is 12.4. The van der Waals surface area contributed by atoms with Crippen LogP contribution in [0.15, 0.2) is 63.7 Å². The van der Waals surface area contributed by atoms with Gasteiger partial charge in [0.05, 0.1) is 18.0 Å². The van der Waals surface area contributed by atoms with Crippen LogP contribution in [0.1, 0.15) is 11.3 Å². The molecule has 0 radical (unpaired) electrons. The molecule has 0 atom stereocenters. The van der Waals surface area contributed by atoms with Gasteiger partial charge in [-0.25, -0.2) is 0 Å². The molecule has 1 aliphatic rings. The Morgan fingerprint density at radius 3 is 2.79 bits per heavy atom. The van der Waals surface area contributed by atoms with Gasteiger partial charge in [-0.05, 0) is 12.1 Å². The maximum absolute atomic E-state index is 12.4. The topological polar surface area (TPSA) is 101 Å². The Morgan fingerprint density at radius 2 is 2.08 bits per heavy atom. The molecule has 2 heterocycles. The van der Waals surface area contributed by atoms with Crippen molar-refractivity contribution in [2.75, 3.05) is 11.4 Å². The number of furan rings is 1. The highest BCUT2D eigenvalue weighted by atomic mass is 16.6. The average molecular weight is 324 g/mol. The lowest BCUT2D eigenvalue weighted by Crippen LogP contribution is -2.30. The van der Waals surface area contributed by atoms with Gasteiger partial charge in [-0.15, -0.1) is 11.7 Å². The van der Waals surface area contributed by atoms with Crippen LogP contribution in [0.3, 0.4) is 0 Å². The number of hydrogen-bond donors (Lipinski definition) is 0. The summed E-state index contributed by atoms with van der Waals surface area (Å²) in [5.41, 5.74) is 1.61. The largest absolute Gasteiger partial charge is 0.433 e. The Balaban J connectivity index is 1.89. The Kier molecular flexibility index (Phi) is 4.02. The van der Waals surface area contributed by atoms with E-state index in [9.17, 15) is 14.9 Å². The van der Waals surface area contributed by atoms with Crippen LogP contribution in [-0.4, -0.2) is 29.3 Å². The molecule has 120 valence electrons. The number of benzene rings is 1. The normalized spacial score (nSPS) is 15.2. The molecular weight excluding hydrogens is 312 g/mol. The molecule has 1 aliphatic heterocycles. The number of carbonyl (C=O) groups excluding carboxylic acids is 1. The second kappa shape index (κ2) is 6.29. The molecule has 24 heavy (non-hydrogen) atoms. The summed E-state index contributed by atoms with van der Waals surface area (Å²) in [6.45, 7) is 4.01. The molecule has 1 aromatic heterocycles. The van der Waals surface area contributed by atoms with Crippen molar-refractivity contribution in [2.45, 2.75) is 0 Å². The quantitative estimate of drug-likeness (QED) is 0.365. The number of hydrogen-bond acceptors (Lipinski definition) is 6. The summed E-state index contributed by atoms with van der Waals surface area (Å²) in [5, 5.41) is 18.3. The highest BCUT2D eigenvalue weighted by molar-refractivity contribution is 6.54. The standard InChI is InChI=1S/C16H12N4O4/c1-2-9-19-13-6-4-3-5-12(13)15(16(19)21)18-17-10-11-7-8-14(24-11)20(22)23/h2-8,10H,1,9H2/b17-10+,18-15+. The fraction of sp³-hybridized carbons (Fsp3) is 0.0625. The van der Waals surface area contributed by atoms with E-state index in [-0.39, 0.29) is 23.3 Å². The molecule has 0 saturated heterocycles. The third-order valence-electron chi connectivity index (χ3n) is 3.34. The van der Waals surface area contributed by atoms with Gasteiger partial charge >= 0.3 is 5.88 Å². The van der Waals surface area contributed by atoms with Gasteiger partial charge in [0, 0.05) is 12.1 Å². The van der Waals surface area contributed by atoms with Crippen molar-refractivity contribution in [1.29, 1.82) is 0 Å². The molecule has 0 unspecified atom stereocenters. The van der Waals surface area contributed by atoms with E-state index in [1.165, 1.54) is 18.3 Å². The Labute approximate surface area is 136 Å². The number of para-hydroxylation sites is 1. The number of carbonyl (C=O) groups is 1. The molecule has 0 fully saturated rings. The van der Waals surface area contributed by atoms with Crippen LogP contribution in [0.5, 0.6) is 0 Å². The summed E-state index contributed by atoms with van der Waals surface area (Å²) in [7, 11) is 0. The first kappa shape index (κ1) is 15.3. The van der Waals surface area contributed by atoms with E-state index in [1.54, 1.807) is 23.1 Å². The van der Waals surface area contributed by atoms with E-state index >= 15 is 0 Å².